The van der Waals surface area contributed by atoms with Crippen LogP contribution < -0.4 is 5.32 Å². The van der Waals surface area contributed by atoms with Gasteiger partial charge in [0.05, 0.1) is 0 Å². The number of hydrogen-bond donors (Lipinski definition) is 1. The molecule has 0 saturated carbocycles. The maximum absolute atomic E-state index is 5.54. The number of likely N-dealkylation sites (tertiary alicyclic amines) is 1. The molecule has 0 spiro atoms. The van der Waals surface area contributed by atoms with Crippen molar-refractivity contribution in [3.8, 4) is 0 Å². The number of nitrogens with zero attached hydrogens (tertiary/aromatic N) is 3. The molecule has 122 valence electrons. The summed E-state index contributed by atoms with van der Waals surface area (Å²) in [4.78, 5) is 9.25. The van der Waals surface area contributed by atoms with Crippen LogP contribution in [0.1, 0.15) is 32.6 Å². The Bertz CT molecular complexity index is 342. The van der Waals surface area contributed by atoms with Crippen molar-refractivity contribution in [1.29, 1.82) is 0 Å². The highest BCUT2D eigenvalue weighted by Gasteiger charge is 2.35. The lowest BCUT2D eigenvalue weighted by Gasteiger charge is -2.44. The first-order chi connectivity index (χ1) is 10.1. The summed E-state index contributed by atoms with van der Waals surface area (Å²) in [5, 5.41) is 3.62. The van der Waals surface area contributed by atoms with Gasteiger partial charge in [-0.25, -0.2) is 0 Å². The summed E-state index contributed by atoms with van der Waals surface area (Å²) in [5.74, 6) is 1.91. The van der Waals surface area contributed by atoms with Crippen LogP contribution >= 0.6 is 0 Å². The molecule has 0 aromatic rings. The predicted molar refractivity (Wildman–Crippen MR) is 87.8 cm³/mol. The van der Waals surface area contributed by atoms with Crippen LogP contribution in [-0.2, 0) is 4.74 Å². The van der Waals surface area contributed by atoms with Crippen molar-refractivity contribution < 1.29 is 4.74 Å². The average molecular weight is 296 g/mol. The summed E-state index contributed by atoms with van der Waals surface area (Å²) in [6.07, 6.45) is 4.71. The molecule has 0 bridgehead atoms. The van der Waals surface area contributed by atoms with Crippen LogP contribution in [0.25, 0.3) is 0 Å². The maximum Gasteiger partial charge on any atom is 0.193 e. The lowest BCUT2D eigenvalue weighted by Crippen LogP contribution is -2.57. The van der Waals surface area contributed by atoms with Gasteiger partial charge in [-0.05, 0) is 45.7 Å². The second-order valence-corrected chi connectivity index (χ2v) is 6.80. The number of ether oxygens (including phenoxy) is 1. The molecule has 5 heteroatoms. The maximum atomic E-state index is 5.54. The standard InChI is InChI=1S/C16H32N4O/c1-14-5-9-20(10-6-14)15(17-2)18-13-16(19(3)4)7-11-21-12-8-16/h14H,5-13H2,1-4H3,(H,17,18). The van der Waals surface area contributed by atoms with Crippen molar-refractivity contribution in [3.05, 3.63) is 0 Å². The Kier molecular flexibility index (Phi) is 5.88. The Morgan fingerprint density at radius 3 is 2.43 bits per heavy atom. The van der Waals surface area contributed by atoms with Gasteiger partial charge in [-0.2, -0.15) is 0 Å². The summed E-state index contributed by atoms with van der Waals surface area (Å²) >= 11 is 0. The van der Waals surface area contributed by atoms with Gasteiger partial charge in [-0.3, -0.25) is 4.99 Å². The SMILES string of the molecule is CN=C(NCC1(N(C)C)CCOCC1)N1CCC(C)CC1. The van der Waals surface area contributed by atoms with Crippen LogP contribution in [0.15, 0.2) is 4.99 Å². The first-order valence-electron chi connectivity index (χ1n) is 8.28. The molecule has 0 amide bonds. The molecule has 0 unspecified atom stereocenters. The molecule has 5 nitrogen and oxygen atoms in total. The number of piperidine rings is 1. The van der Waals surface area contributed by atoms with Crippen LogP contribution in [0.4, 0.5) is 0 Å². The smallest absolute Gasteiger partial charge is 0.193 e. The third kappa shape index (κ3) is 4.10. The first kappa shape index (κ1) is 16.6. The van der Waals surface area contributed by atoms with E-state index in [1.807, 2.05) is 7.05 Å². The number of guanidine groups is 1. The van der Waals surface area contributed by atoms with Crippen molar-refractivity contribution in [1.82, 2.24) is 15.1 Å². The molecular formula is C16H32N4O. The molecule has 0 aromatic carbocycles. The molecule has 2 heterocycles. The van der Waals surface area contributed by atoms with Crippen molar-refractivity contribution in [2.24, 2.45) is 10.9 Å². The minimum atomic E-state index is 0.192. The van der Waals surface area contributed by atoms with Gasteiger partial charge in [0.25, 0.3) is 0 Å². The summed E-state index contributed by atoms with van der Waals surface area (Å²) in [6.45, 7) is 7.26. The minimum absolute atomic E-state index is 0.192. The van der Waals surface area contributed by atoms with Gasteiger partial charge < -0.3 is 19.9 Å². The lowest BCUT2D eigenvalue weighted by molar-refractivity contribution is -0.00531. The van der Waals surface area contributed by atoms with Crippen LogP contribution in [0.2, 0.25) is 0 Å². The van der Waals surface area contributed by atoms with Gasteiger partial charge in [-0.1, -0.05) is 6.92 Å². The van der Waals surface area contributed by atoms with Crippen LogP contribution in [0.5, 0.6) is 0 Å². The van der Waals surface area contributed by atoms with Crippen molar-refractivity contribution in [2.75, 3.05) is 54.0 Å². The van der Waals surface area contributed by atoms with E-state index in [2.05, 4.69) is 41.1 Å². The molecule has 21 heavy (non-hydrogen) atoms. The minimum Gasteiger partial charge on any atom is -0.381 e. The summed E-state index contributed by atoms with van der Waals surface area (Å²) < 4.78 is 5.54. The molecule has 2 fully saturated rings. The van der Waals surface area contributed by atoms with Gasteiger partial charge in [0.15, 0.2) is 5.96 Å². The highest BCUT2D eigenvalue weighted by molar-refractivity contribution is 5.80. The van der Waals surface area contributed by atoms with Crippen LogP contribution in [-0.4, -0.2) is 75.3 Å². The van der Waals surface area contributed by atoms with Crippen LogP contribution in [0.3, 0.4) is 0 Å². The second-order valence-electron chi connectivity index (χ2n) is 6.80. The molecular weight excluding hydrogens is 264 g/mol. The van der Waals surface area contributed by atoms with Crippen molar-refractivity contribution in [3.63, 3.8) is 0 Å². The molecule has 1 N–H and O–H groups in total. The highest BCUT2D eigenvalue weighted by Crippen LogP contribution is 2.25. The first-order valence-corrected chi connectivity index (χ1v) is 8.28. The summed E-state index contributed by atoms with van der Waals surface area (Å²) in [5.41, 5.74) is 0.192. The van der Waals surface area contributed by atoms with E-state index in [9.17, 15) is 0 Å². The van der Waals surface area contributed by atoms with E-state index < -0.39 is 0 Å². The molecule has 0 aliphatic carbocycles. The zero-order valence-corrected chi connectivity index (χ0v) is 14.2. The fourth-order valence-electron chi connectivity index (χ4n) is 3.33. The van der Waals surface area contributed by atoms with E-state index in [4.69, 9.17) is 4.74 Å². The van der Waals surface area contributed by atoms with E-state index in [-0.39, 0.29) is 5.54 Å². The third-order valence-electron chi connectivity index (χ3n) is 5.24. The van der Waals surface area contributed by atoms with Gasteiger partial charge >= 0.3 is 0 Å². The fraction of sp³-hybridized carbons (Fsp3) is 0.938. The van der Waals surface area contributed by atoms with Crippen LogP contribution in [0, 0.1) is 5.92 Å². The molecule has 2 aliphatic rings. The van der Waals surface area contributed by atoms with E-state index in [1.54, 1.807) is 0 Å². The third-order valence-corrected chi connectivity index (χ3v) is 5.24. The zero-order valence-electron chi connectivity index (χ0n) is 14.2. The lowest BCUT2D eigenvalue weighted by atomic mass is 9.88. The number of likely N-dealkylation sites (N-methyl/N-ethyl adjacent to an activating group) is 1. The Morgan fingerprint density at radius 2 is 1.90 bits per heavy atom. The quantitative estimate of drug-likeness (QED) is 0.631. The van der Waals surface area contributed by atoms with E-state index in [0.717, 1.165) is 57.6 Å². The highest BCUT2D eigenvalue weighted by atomic mass is 16.5. The number of rotatable bonds is 3. The van der Waals surface area contributed by atoms with E-state index in [1.165, 1.54) is 12.8 Å². The van der Waals surface area contributed by atoms with Gasteiger partial charge in [-0.15, -0.1) is 0 Å². The normalized spacial score (nSPS) is 24.4. The molecule has 2 rings (SSSR count). The zero-order chi connectivity index (χ0) is 15.3. The Hall–Kier alpha value is -0.810. The Labute approximate surface area is 129 Å². The van der Waals surface area contributed by atoms with Gasteiger partial charge in [0.2, 0.25) is 0 Å². The molecule has 0 radical (unpaired) electrons. The monoisotopic (exact) mass is 296 g/mol. The molecule has 0 atom stereocenters. The largest absolute Gasteiger partial charge is 0.381 e. The predicted octanol–water partition coefficient (Wildman–Crippen LogP) is 1.40. The summed E-state index contributed by atoms with van der Waals surface area (Å²) in [7, 11) is 6.25. The van der Waals surface area contributed by atoms with Gasteiger partial charge in [0, 0.05) is 45.4 Å². The Balaban J connectivity index is 1.92. The molecule has 0 aromatic heterocycles. The second kappa shape index (κ2) is 7.45. The average Bonchev–Trinajstić information content (AvgIpc) is 2.50. The number of aliphatic imine (C=N–C) groups is 1. The molecule has 2 saturated heterocycles. The van der Waals surface area contributed by atoms with E-state index >= 15 is 0 Å². The Morgan fingerprint density at radius 1 is 1.29 bits per heavy atom. The number of nitrogens with one attached hydrogen (secondary N) is 1. The summed E-state index contributed by atoms with van der Waals surface area (Å²) in [6, 6.07) is 0. The van der Waals surface area contributed by atoms with Gasteiger partial charge in [0.1, 0.15) is 0 Å². The van der Waals surface area contributed by atoms with Crippen molar-refractivity contribution in [2.45, 2.75) is 38.1 Å². The molecule has 2 aliphatic heterocycles. The fourth-order valence-corrected chi connectivity index (χ4v) is 3.33. The van der Waals surface area contributed by atoms with Crippen molar-refractivity contribution >= 4 is 5.96 Å². The number of hydrogen-bond acceptors (Lipinski definition) is 3. The van der Waals surface area contributed by atoms with E-state index in [0.29, 0.717) is 0 Å². The topological polar surface area (TPSA) is 40.1 Å².